The number of carbonyl (C=O) groups is 1. The van der Waals surface area contributed by atoms with Crippen LogP contribution < -0.4 is 14.8 Å². The van der Waals surface area contributed by atoms with Crippen LogP contribution in [0.4, 0.5) is 0 Å². The van der Waals surface area contributed by atoms with E-state index >= 15 is 0 Å². The fourth-order valence-electron chi connectivity index (χ4n) is 2.13. The molecule has 0 saturated heterocycles. The molecule has 0 aliphatic carbocycles. The summed E-state index contributed by atoms with van der Waals surface area (Å²) >= 11 is 0. The van der Waals surface area contributed by atoms with Gasteiger partial charge in [0.05, 0.1) is 12.7 Å². The minimum Gasteiger partial charge on any atom is -0.497 e. The van der Waals surface area contributed by atoms with E-state index in [9.17, 15) is 9.90 Å². The molecule has 0 bridgehead atoms. The third-order valence-corrected chi connectivity index (χ3v) is 3.38. The number of carbonyl (C=O) groups excluding carboxylic acids is 1. The zero-order valence-corrected chi connectivity index (χ0v) is 15.7. The second-order valence-corrected chi connectivity index (χ2v) is 7.48. The van der Waals surface area contributed by atoms with Crippen molar-refractivity contribution in [2.24, 2.45) is 5.92 Å². The highest BCUT2D eigenvalue weighted by Crippen LogP contribution is 2.27. The van der Waals surface area contributed by atoms with Crippen LogP contribution in [0.5, 0.6) is 11.5 Å². The lowest BCUT2D eigenvalue weighted by atomic mass is 10.0. The number of benzene rings is 1. The smallest absolute Gasteiger partial charge is 0.166 e. The molecule has 0 fully saturated rings. The maximum atomic E-state index is 12.4. The van der Waals surface area contributed by atoms with E-state index in [2.05, 4.69) is 5.32 Å². The maximum absolute atomic E-state index is 12.4. The van der Waals surface area contributed by atoms with Gasteiger partial charge < -0.3 is 19.9 Å². The highest BCUT2D eigenvalue weighted by atomic mass is 16.5. The molecule has 0 aliphatic rings. The molecule has 0 radical (unpaired) electrons. The number of Topliss-reactive ketones (excluding diaryl/α,β-unsaturated/α-hetero) is 1. The molecule has 5 heteroatoms. The van der Waals surface area contributed by atoms with Gasteiger partial charge in [-0.25, -0.2) is 0 Å². The third kappa shape index (κ3) is 7.32. The summed E-state index contributed by atoms with van der Waals surface area (Å²) in [7, 11) is 1.57. The Bertz CT molecular complexity index is 535. The van der Waals surface area contributed by atoms with Crippen LogP contribution in [0.1, 0.15) is 51.4 Å². The summed E-state index contributed by atoms with van der Waals surface area (Å²) in [6, 6.07) is 5.16. The van der Waals surface area contributed by atoms with Crippen molar-refractivity contribution < 1.29 is 19.4 Å². The Kier molecular flexibility index (Phi) is 7.70. The van der Waals surface area contributed by atoms with Crippen molar-refractivity contribution in [3.63, 3.8) is 0 Å². The molecule has 1 atom stereocenters. The van der Waals surface area contributed by atoms with Gasteiger partial charge in [0.25, 0.3) is 0 Å². The highest BCUT2D eigenvalue weighted by Gasteiger charge is 2.17. The molecule has 1 aromatic carbocycles. The fraction of sp³-hybridized carbons (Fsp3) is 0.632. The average Bonchev–Trinajstić information content (AvgIpc) is 2.49. The predicted molar refractivity (Wildman–Crippen MR) is 96.0 cm³/mol. The van der Waals surface area contributed by atoms with Gasteiger partial charge in [0, 0.05) is 24.6 Å². The summed E-state index contributed by atoms with van der Waals surface area (Å²) < 4.78 is 10.9. The zero-order chi connectivity index (χ0) is 18.3. The third-order valence-electron chi connectivity index (χ3n) is 3.38. The first-order valence-electron chi connectivity index (χ1n) is 8.39. The molecular formula is C19H31NO4. The second-order valence-electron chi connectivity index (χ2n) is 7.48. The standard InChI is InChI=1S/C19H31NO4/c1-13(2)9-17(22)16-8-7-15(23-6)10-18(16)24-12-14(21)11-20-19(3,4)5/h7-8,10,13-14,20-21H,9,11-12H2,1-6H3/t14-/m1/s1. The lowest BCUT2D eigenvalue weighted by molar-refractivity contribution is 0.0923. The van der Waals surface area contributed by atoms with Gasteiger partial charge in [-0.2, -0.15) is 0 Å². The molecule has 0 saturated carbocycles. The Labute approximate surface area is 145 Å². The van der Waals surface area contributed by atoms with Crippen LogP contribution in [0.15, 0.2) is 18.2 Å². The Morgan fingerprint density at radius 3 is 2.50 bits per heavy atom. The van der Waals surface area contributed by atoms with Crippen molar-refractivity contribution in [3.8, 4) is 11.5 Å². The molecule has 0 aliphatic heterocycles. The first-order valence-corrected chi connectivity index (χ1v) is 8.39. The van der Waals surface area contributed by atoms with Crippen molar-refractivity contribution in [1.82, 2.24) is 5.32 Å². The predicted octanol–water partition coefficient (Wildman–Crippen LogP) is 3.05. The number of rotatable bonds is 9. The number of aliphatic hydroxyl groups is 1. The van der Waals surface area contributed by atoms with Crippen LogP contribution in [-0.4, -0.2) is 42.8 Å². The summed E-state index contributed by atoms with van der Waals surface area (Å²) in [4.78, 5) is 12.4. The van der Waals surface area contributed by atoms with E-state index in [1.807, 2.05) is 34.6 Å². The van der Waals surface area contributed by atoms with Gasteiger partial charge in [0.1, 0.15) is 24.2 Å². The zero-order valence-electron chi connectivity index (χ0n) is 15.7. The molecule has 0 spiro atoms. The average molecular weight is 337 g/mol. The van der Waals surface area contributed by atoms with E-state index < -0.39 is 6.10 Å². The van der Waals surface area contributed by atoms with E-state index in [-0.39, 0.29) is 23.8 Å². The lowest BCUT2D eigenvalue weighted by Gasteiger charge is -2.23. The second kappa shape index (κ2) is 9.04. The summed E-state index contributed by atoms with van der Waals surface area (Å²) in [6.07, 6.45) is -0.208. The number of nitrogens with one attached hydrogen (secondary N) is 1. The summed E-state index contributed by atoms with van der Waals surface area (Å²) in [5.74, 6) is 1.38. The largest absolute Gasteiger partial charge is 0.497 e. The molecular weight excluding hydrogens is 306 g/mol. The van der Waals surface area contributed by atoms with E-state index in [1.165, 1.54) is 0 Å². The number of methoxy groups -OCH3 is 1. The number of β-amino-alcohol motifs (C(OH)–C–C–N with tert-alkyl or cyclic N) is 1. The van der Waals surface area contributed by atoms with Crippen LogP contribution in [0, 0.1) is 5.92 Å². The molecule has 24 heavy (non-hydrogen) atoms. The minimum atomic E-state index is -0.663. The van der Waals surface area contributed by atoms with Crippen LogP contribution in [-0.2, 0) is 0 Å². The monoisotopic (exact) mass is 337 g/mol. The van der Waals surface area contributed by atoms with Gasteiger partial charge in [-0.05, 0) is 38.8 Å². The van der Waals surface area contributed by atoms with Crippen LogP contribution in [0.2, 0.25) is 0 Å². The van der Waals surface area contributed by atoms with Crippen molar-refractivity contribution in [1.29, 1.82) is 0 Å². The van der Waals surface area contributed by atoms with Crippen LogP contribution >= 0.6 is 0 Å². The first-order chi connectivity index (χ1) is 11.1. The molecule has 2 N–H and O–H groups in total. The lowest BCUT2D eigenvalue weighted by Crippen LogP contribution is -2.42. The first kappa shape index (κ1) is 20.5. The number of aliphatic hydroxyl groups excluding tert-OH is 1. The number of hydrogen-bond acceptors (Lipinski definition) is 5. The maximum Gasteiger partial charge on any atom is 0.166 e. The molecule has 136 valence electrons. The minimum absolute atomic E-state index is 0.0324. The molecule has 0 aromatic heterocycles. The molecule has 1 aromatic rings. The van der Waals surface area contributed by atoms with Crippen molar-refractivity contribution in [3.05, 3.63) is 23.8 Å². The van der Waals surface area contributed by atoms with E-state index in [0.717, 1.165) is 0 Å². The Morgan fingerprint density at radius 2 is 1.96 bits per heavy atom. The van der Waals surface area contributed by atoms with E-state index in [0.29, 0.717) is 30.0 Å². The van der Waals surface area contributed by atoms with Gasteiger partial charge in [-0.15, -0.1) is 0 Å². The normalized spacial score (nSPS) is 13.0. The number of ether oxygens (including phenoxy) is 2. The van der Waals surface area contributed by atoms with E-state index in [1.54, 1.807) is 25.3 Å². The molecule has 0 amide bonds. The van der Waals surface area contributed by atoms with Crippen LogP contribution in [0.3, 0.4) is 0 Å². The molecule has 1 rings (SSSR count). The summed E-state index contributed by atoms with van der Waals surface area (Å²) in [5, 5.41) is 13.3. The molecule has 0 heterocycles. The Balaban J connectivity index is 2.78. The molecule has 0 unspecified atom stereocenters. The van der Waals surface area contributed by atoms with E-state index in [4.69, 9.17) is 9.47 Å². The Morgan fingerprint density at radius 1 is 1.29 bits per heavy atom. The topological polar surface area (TPSA) is 67.8 Å². The van der Waals surface area contributed by atoms with Gasteiger partial charge in [0.15, 0.2) is 5.78 Å². The number of ketones is 1. The van der Waals surface area contributed by atoms with Gasteiger partial charge in [0.2, 0.25) is 0 Å². The fourth-order valence-corrected chi connectivity index (χ4v) is 2.13. The Hall–Kier alpha value is -1.59. The number of hydrogen-bond donors (Lipinski definition) is 2. The van der Waals surface area contributed by atoms with Gasteiger partial charge in [-0.1, -0.05) is 13.8 Å². The van der Waals surface area contributed by atoms with Crippen LogP contribution in [0.25, 0.3) is 0 Å². The van der Waals surface area contributed by atoms with Crippen molar-refractivity contribution in [2.75, 3.05) is 20.3 Å². The van der Waals surface area contributed by atoms with Crippen molar-refractivity contribution >= 4 is 5.78 Å². The summed E-state index contributed by atoms with van der Waals surface area (Å²) in [6.45, 7) is 10.6. The highest BCUT2D eigenvalue weighted by molar-refractivity contribution is 5.99. The SMILES string of the molecule is COc1ccc(C(=O)CC(C)C)c(OC[C@H](O)CNC(C)(C)C)c1. The quantitative estimate of drug-likeness (QED) is 0.678. The molecule has 5 nitrogen and oxygen atoms in total. The van der Waals surface area contributed by atoms with Gasteiger partial charge >= 0.3 is 0 Å². The summed E-state index contributed by atoms with van der Waals surface area (Å²) in [5.41, 5.74) is 0.454. The van der Waals surface area contributed by atoms with Gasteiger partial charge in [-0.3, -0.25) is 4.79 Å². The van der Waals surface area contributed by atoms with Crippen molar-refractivity contribution in [2.45, 2.75) is 52.7 Å².